The smallest absolute Gasteiger partial charge is 0.322 e. The van der Waals surface area contributed by atoms with Crippen molar-refractivity contribution in [2.45, 2.75) is 39.7 Å². The van der Waals surface area contributed by atoms with Crippen molar-refractivity contribution in [3.63, 3.8) is 0 Å². The molecule has 7 heteroatoms. The van der Waals surface area contributed by atoms with E-state index in [-0.39, 0.29) is 30.9 Å². The summed E-state index contributed by atoms with van der Waals surface area (Å²) in [7, 11) is 0. The van der Waals surface area contributed by atoms with Crippen molar-refractivity contribution in [2.24, 2.45) is 5.92 Å². The summed E-state index contributed by atoms with van der Waals surface area (Å²) in [6.45, 7) is 8.49. The second-order valence-corrected chi connectivity index (χ2v) is 7.93. The lowest BCUT2D eigenvalue weighted by Crippen LogP contribution is -2.55. The number of ether oxygens (including phenoxy) is 1. The zero-order valence-corrected chi connectivity index (χ0v) is 17.8. The lowest BCUT2D eigenvalue weighted by molar-refractivity contribution is -0.143. The Morgan fingerprint density at radius 2 is 2.12 bits per heavy atom. The van der Waals surface area contributed by atoms with E-state index < -0.39 is 5.54 Å². The van der Waals surface area contributed by atoms with Crippen LogP contribution in [0.1, 0.15) is 39.7 Å². The topological polar surface area (TPSA) is 58.6 Å². The number of carbonyl (C=O) groups is 2. The minimum Gasteiger partial charge on any atom is -0.466 e. The molecule has 0 spiro atoms. The number of esters is 1. The Morgan fingerprint density at radius 3 is 2.69 bits per heavy atom. The molecule has 0 aromatic heterocycles. The van der Waals surface area contributed by atoms with E-state index in [1.165, 1.54) is 4.90 Å². The molecule has 1 unspecified atom stereocenters. The summed E-state index contributed by atoms with van der Waals surface area (Å²) in [4.78, 5) is 25.8. The average Bonchev–Trinajstić information content (AvgIpc) is 2.56. The van der Waals surface area contributed by atoms with E-state index in [1.54, 1.807) is 6.92 Å². The van der Waals surface area contributed by atoms with E-state index in [2.05, 4.69) is 35.1 Å². The molecule has 1 aliphatic rings. The van der Waals surface area contributed by atoms with Crippen molar-refractivity contribution in [3.8, 4) is 0 Å². The molecular weight excluding hydrogens is 420 g/mol. The van der Waals surface area contributed by atoms with Crippen LogP contribution in [-0.4, -0.2) is 30.1 Å². The number of nitrogens with one attached hydrogen (secondary N) is 1. The summed E-state index contributed by atoms with van der Waals surface area (Å²) < 4.78 is 5.75. The van der Waals surface area contributed by atoms with E-state index in [9.17, 15) is 9.59 Å². The minimum atomic E-state index is -0.671. The lowest BCUT2D eigenvalue weighted by Gasteiger charge is -2.42. The van der Waals surface area contributed by atoms with Crippen molar-refractivity contribution in [3.05, 3.63) is 45.0 Å². The Labute approximate surface area is 167 Å². The predicted molar refractivity (Wildman–Crippen MR) is 106 cm³/mol. The maximum atomic E-state index is 12.6. The zero-order chi connectivity index (χ0) is 19.5. The molecule has 1 aromatic rings. The first-order valence-electron chi connectivity index (χ1n) is 8.61. The third-order valence-corrected chi connectivity index (χ3v) is 5.70. The first-order chi connectivity index (χ1) is 12.2. The molecule has 0 radical (unpaired) electrons. The number of benzene rings is 1. The summed E-state index contributed by atoms with van der Waals surface area (Å²) >= 11 is 9.66. The van der Waals surface area contributed by atoms with Gasteiger partial charge in [0.2, 0.25) is 0 Å². The highest BCUT2D eigenvalue weighted by molar-refractivity contribution is 9.10. The molecule has 0 bridgehead atoms. The van der Waals surface area contributed by atoms with Gasteiger partial charge in [-0.2, -0.15) is 0 Å². The molecule has 2 rings (SSSR count). The Morgan fingerprint density at radius 1 is 1.42 bits per heavy atom. The number of nitrogens with zero attached hydrogens (tertiary/aromatic N) is 1. The van der Waals surface area contributed by atoms with Crippen LogP contribution in [0.15, 0.2) is 34.4 Å². The van der Waals surface area contributed by atoms with Gasteiger partial charge in [0.05, 0.1) is 23.6 Å². The highest BCUT2D eigenvalue weighted by atomic mass is 79.9. The SMILES string of the molecule is CCOC(=O)CCN1C=C(C(C)C)C(C)(c2ccc(Br)c(Cl)c2)NC1=O. The maximum Gasteiger partial charge on any atom is 0.322 e. The average molecular weight is 444 g/mol. The number of urea groups is 1. The van der Waals surface area contributed by atoms with E-state index >= 15 is 0 Å². The Kier molecular flexibility index (Phi) is 6.74. The third-order valence-electron chi connectivity index (χ3n) is 4.47. The van der Waals surface area contributed by atoms with Gasteiger partial charge < -0.3 is 15.0 Å². The van der Waals surface area contributed by atoms with Crippen LogP contribution in [0.25, 0.3) is 0 Å². The van der Waals surface area contributed by atoms with Gasteiger partial charge in [0.25, 0.3) is 0 Å². The van der Waals surface area contributed by atoms with Gasteiger partial charge >= 0.3 is 12.0 Å². The van der Waals surface area contributed by atoms with Crippen LogP contribution in [0.2, 0.25) is 5.02 Å². The quantitative estimate of drug-likeness (QED) is 0.640. The molecule has 0 saturated carbocycles. The van der Waals surface area contributed by atoms with Gasteiger partial charge in [-0.3, -0.25) is 4.79 Å². The van der Waals surface area contributed by atoms with Crippen molar-refractivity contribution in [1.82, 2.24) is 10.2 Å². The van der Waals surface area contributed by atoms with Gasteiger partial charge in [-0.25, -0.2) is 4.79 Å². The van der Waals surface area contributed by atoms with Gasteiger partial charge in [-0.05, 0) is 59.0 Å². The molecule has 1 heterocycles. The molecule has 2 amide bonds. The van der Waals surface area contributed by atoms with Crippen molar-refractivity contribution < 1.29 is 14.3 Å². The molecular formula is C19H24BrClN2O3. The van der Waals surface area contributed by atoms with E-state index in [4.69, 9.17) is 16.3 Å². The fraction of sp³-hybridized carbons (Fsp3) is 0.474. The number of hydrogen-bond donors (Lipinski definition) is 1. The lowest BCUT2D eigenvalue weighted by atomic mass is 9.78. The van der Waals surface area contributed by atoms with Crippen molar-refractivity contribution in [2.75, 3.05) is 13.2 Å². The van der Waals surface area contributed by atoms with Crippen LogP contribution in [-0.2, 0) is 15.1 Å². The molecule has 5 nitrogen and oxygen atoms in total. The largest absolute Gasteiger partial charge is 0.466 e. The summed E-state index contributed by atoms with van der Waals surface area (Å²) in [5, 5.41) is 3.67. The van der Waals surface area contributed by atoms with Crippen LogP contribution >= 0.6 is 27.5 Å². The molecule has 1 atom stereocenters. The van der Waals surface area contributed by atoms with E-state index in [1.807, 2.05) is 31.3 Å². The summed E-state index contributed by atoms with van der Waals surface area (Å²) in [6.07, 6.45) is 2.00. The summed E-state index contributed by atoms with van der Waals surface area (Å²) in [5.41, 5.74) is 1.28. The first-order valence-corrected chi connectivity index (χ1v) is 9.78. The predicted octanol–water partition coefficient (Wildman–Crippen LogP) is 4.84. The Bertz CT molecular complexity index is 735. The highest BCUT2D eigenvalue weighted by Gasteiger charge is 2.39. The highest BCUT2D eigenvalue weighted by Crippen LogP contribution is 2.39. The molecule has 26 heavy (non-hydrogen) atoms. The molecule has 0 fully saturated rings. The van der Waals surface area contributed by atoms with E-state index in [0.717, 1.165) is 15.6 Å². The minimum absolute atomic E-state index is 0.157. The molecule has 142 valence electrons. The van der Waals surface area contributed by atoms with Gasteiger partial charge in [0, 0.05) is 17.2 Å². The van der Waals surface area contributed by atoms with E-state index in [0.29, 0.717) is 11.6 Å². The second kappa shape index (κ2) is 8.44. The maximum absolute atomic E-state index is 12.6. The fourth-order valence-electron chi connectivity index (χ4n) is 3.10. The van der Waals surface area contributed by atoms with Crippen LogP contribution in [0, 0.1) is 5.92 Å². The Hall–Kier alpha value is -1.53. The third kappa shape index (κ3) is 4.41. The second-order valence-electron chi connectivity index (χ2n) is 6.67. The molecule has 1 aromatic carbocycles. The van der Waals surface area contributed by atoms with Crippen molar-refractivity contribution >= 4 is 39.5 Å². The number of halogens is 2. The van der Waals surface area contributed by atoms with Gasteiger partial charge in [0.15, 0.2) is 0 Å². The standard InChI is InChI=1S/C19H24BrClN2O3/c1-5-26-17(24)8-9-23-11-14(12(2)3)19(4,22-18(23)25)13-6-7-15(20)16(21)10-13/h6-7,10-12H,5,8-9H2,1-4H3,(H,22,25). The van der Waals surface area contributed by atoms with Crippen LogP contribution in [0.4, 0.5) is 4.79 Å². The van der Waals surface area contributed by atoms with Gasteiger partial charge in [0.1, 0.15) is 0 Å². The molecule has 1 N–H and O–H groups in total. The molecule has 0 aliphatic carbocycles. The first kappa shape index (κ1) is 20.8. The Balaban J connectivity index is 2.34. The molecule has 0 saturated heterocycles. The zero-order valence-electron chi connectivity index (χ0n) is 15.4. The van der Waals surface area contributed by atoms with Crippen LogP contribution in [0.5, 0.6) is 0 Å². The molecule has 1 aliphatic heterocycles. The van der Waals surface area contributed by atoms with Crippen LogP contribution in [0.3, 0.4) is 0 Å². The summed E-state index contributed by atoms with van der Waals surface area (Å²) in [5.74, 6) is -0.124. The van der Waals surface area contributed by atoms with Gasteiger partial charge in [-0.1, -0.05) is 31.5 Å². The number of rotatable bonds is 6. The number of carbonyl (C=O) groups excluding carboxylic acids is 2. The van der Waals surface area contributed by atoms with Crippen molar-refractivity contribution in [1.29, 1.82) is 0 Å². The van der Waals surface area contributed by atoms with Gasteiger partial charge in [-0.15, -0.1) is 0 Å². The normalized spacial score (nSPS) is 20.0. The fourth-order valence-corrected chi connectivity index (χ4v) is 3.52. The summed E-state index contributed by atoms with van der Waals surface area (Å²) in [6, 6.07) is 5.43. The number of hydrogen-bond acceptors (Lipinski definition) is 3. The van der Waals surface area contributed by atoms with Crippen LogP contribution < -0.4 is 5.32 Å². The number of amides is 2. The monoisotopic (exact) mass is 442 g/mol.